The zero-order chi connectivity index (χ0) is 64.3. The monoisotopic (exact) mass is 1220 g/mol. The van der Waals surface area contributed by atoms with Gasteiger partial charge in [-0.05, 0) is 99.5 Å². The summed E-state index contributed by atoms with van der Waals surface area (Å²) in [5, 5.41) is 31.7. The molecule has 0 saturated carbocycles. The van der Waals surface area contributed by atoms with E-state index in [4.69, 9.17) is 33.2 Å². The topological polar surface area (TPSA) is 197 Å². The lowest BCUT2D eigenvalue weighted by molar-refractivity contribution is -0.149. The van der Waals surface area contributed by atoms with Crippen molar-refractivity contribution >= 4 is 23.8 Å². The first-order chi connectivity index (χ1) is 42.1. The fraction of sp³-hybridized carbons (Fsp3) is 0.459. The maximum atomic E-state index is 14.5. The van der Waals surface area contributed by atoms with Gasteiger partial charge in [-0.25, -0.2) is 9.59 Å². The van der Waals surface area contributed by atoms with Gasteiger partial charge in [-0.3, -0.25) is 9.59 Å². The fourth-order valence-corrected chi connectivity index (χ4v) is 11.0. The van der Waals surface area contributed by atoms with Crippen molar-refractivity contribution in [3.8, 4) is 23.0 Å². The Morgan fingerprint density at radius 3 is 0.899 bits per heavy atom. The molecule has 476 valence electrons. The summed E-state index contributed by atoms with van der Waals surface area (Å²) in [5.74, 6) is -1.46. The summed E-state index contributed by atoms with van der Waals surface area (Å²) in [6.45, 7) is 25.5. The molecule has 0 spiro atoms. The van der Waals surface area contributed by atoms with Crippen LogP contribution in [0.4, 0.5) is 0 Å². The zero-order valence-electron chi connectivity index (χ0n) is 54.2. The third-order valence-corrected chi connectivity index (χ3v) is 16.2. The summed E-state index contributed by atoms with van der Waals surface area (Å²) in [7, 11) is 0. The average Bonchev–Trinajstić information content (AvgIpc) is 1.17. The second-order valence-corrected chi connectivity index (χ2v) is 27.6. The number of ether oxygens (including phenoxy) is 7. The van der Waals surface area contributed by atoms with Crippen LogP contribution in [0.25, 0.3) is 0 Å². The van der Waals surface area contributed by atoms with Crippen molar-refractivity contribution < 1.29 is 62.5 Å². The van der Waals surface area contributed by atoms with Crippen molar-refractivity contribution in [2.75, 3.05) is 66.1 Å². The van der Waals surface area contributed by atoms with E-state index >= 15 is 0 Å². The maximum Gasteiger partial charge on any atom is 0.329 e. The number of rotatable bonds is 4. The van der Waals surface area contributed by atoms with E-state index in [1.54, 1.807) is 0 Å². The Balaban J connectivity index is 1.30. The van der Waals surface area contributed by atoms with Crippen LogP contribution in [-0.4, -0.2) is 112 Å². The Bertz CT molecular complexity index is 3120. The van der Waals surface area contributed by atoms with Gasteiger partial charge in [-0.1, -0.05) is 192 Å². The van der Waals surface area contributed by atoms with Crippen molar-refractivity contribution in [2.24, 2.45) is 0 Å². The predicted octanol–water partition coefficient (Wildman–Crippen LogP) is 11.3. The van der Waals surface area contributed by atoms with E-state index in [2.05, 4.69) is 118 Å². The third kappa shape index (κ3) is 18.7. The predicted molar refractivity (Wildman–Crippen MR) is 345 cm³/mol. The molecule has 10 bridgehead atoms. The second kappa shape index (κ2) is 29.3. The quantitative estimate of drug-likeness (QED) is 0.0960. The minimum Gasteiger partial charge on any atom is -0.507 e. The standard InChI is InChI=1S/C74H92N2O13/c1-71(2,3)57-37-49-33-53-41-59(73(7,8)9)43-55-35-51-39-58(72(4,5)6)40-52(66(51)80)36-56-44-60(74(10,11)12)42-54(34-50(38-57)65(49)79)68(56)89-46-64(78)76-62(32-48-21-17-14-18-22-48)70(82)87-30-28-85-26-24-83-23-25-84-27-29-86-69(81)61(31-47-19-15-13-16-20-47)75-63(77)45-88-67(53)55/h13-22,37-44,61-62,79-80H,23-36,45-46H2,1-12H3,(H,75,77)(H,76,78)/t61-,62-/m0/s1. The van der Waals surface area contributed by atoms with Crippen LogP contribution in [0.5, 0.6) is 23.0 Å². The zero-order valence-corrected chi connectivity index (χ0v) is 54.2. The molecule has 0 fully saturated rings. The van der Waals surface area contributed by atoms with Gasteiger partial charge < -0.3 is 54.0 Å². The summed E-state index contributed by atoms with van der Waals surface area (Å²) in [6, 6.07) is 33.0. The first kappa shape index (κ1) is 67.2. The van der Waals surface area contributed by atoms with Gasteiger partial charge in [0.1, 0.15) is 48.3 Å². The van der Waals surface area contributed by atoms with E-state index in [1.165, 1.54) is 0 Å². The van der Waals surface area contributed by atoms with Crippen molar-refractivity contribution in [2.45, 2.75) is 155 Å². The first-order valence-corrected chi connectivity index (χ1v) is 31.1. The van der Waals surface area contributed by atoms with E-state index < -0.39 is 59.9 Å². The van der Waals surface area contributed by atoms with Gasteiger partial charge in [0.15, 0.2) is 13.2 Å². The second-order valence-electron chi connectivity index (χ2n) is 27.6. The lowest BCUT2D eigenvalue weighted by Gasteiger charge is -2.28. The number of hydrogen-bond acceptors (Lipinski definition) is 13. The van der Waals surface area contributed by atoms with Crippen LogP contribution >= 0.6 is 0 Å². The van der Waals surface area contributed by atoms with E-state index in [0.29, 0.717) is 56.0 Å². The number of nitrogens with one attached hydrogen (secondary N) is 2. The van der Waals surface area contributed by atoms with Gasteiger partial charge in [0, 0.05) is 38.5 Å². The van der Waals surface area contributed by atoms with E-state index in [0.717, 1.165) is 33.4 Å². The van der Waals surface area contributed by atoms with Crippen LogP contribution in [0, 0.1) is 0 Å². The number of amides is 2. The molecule has 0 unspecified atom stereocenters. The molecule has 9 rings (SSSR count). The average molecular weight is 1220 g/mol. The largest absolute Gasteiger partial charge is 0.507 e. The fourth-order valence-electron chi connectivity index (χ4n) is 11.0. The highest BCUT2D eigenvalue weighted by Crippen LogP contribution is 2.44. The molecule has 1 aliphatic carbocycles. The Labute approximate surface area is 526 Å². The van der Waals surface area contributed by atoms with Gasteiger partial charge in [0.05, 0.1) is 39.6 Å². The molecular weight excluding hydrogens is 1120 g/mol. The van der Waals surface area contributed by atoms with E-state index in [1.807, 2.05) is 84.9 Å². The Kier molecular flexibility index (Phi) is 22.1. The highest BCUT2D eigenvalue weighted by Gasteiger charge is 2.31. The summed E-state index contributed by atoms with van der Waals surface area (Å²) in [5.41, 5.74) is 9.17. The van der Waals surface area contributed by atoms with Crippen LogP contribution in [0.15, 0.2) is 109 Å². The molecule has 6 aromatic carbocycles. The van der Waals surface area contributed by atoms with Gasteiger partial charge >= 0.3 is 11.9 Å². The molecule has 0 aromatic heterocycles. The third-order valence-electron chi connectivity index (χ3n) is 16.2. The maximum absolute atomic E-state index is 14.5. The van der Waals surface area contributed by atoms with Crippen LogP contribution in [-0.2, 0) is 103 Å². The molecular formula is C74H92N2O13. The molecule has 2 aliphatic heterocycles. The molecule has 15 heteroatoms. The minimum atomic E-state index is -1.08. The van der Waals surface area contributed by atoms with Crippen molar-refractivity contribution in [3.63, 3.8) is 0 Å². The van der Waals surface area contributed by atoms with Crippen LogP contribution in [0.2, 0.25) is 0 Å². The normalized spacial score (nSPS) is 17.9. The molecule has 6 aromatic rings. The van der Waals surface area contributed by atoms with Gasteiger partial charge in [0.2, 0.25) is 0 Å². The lowest BCUT2D eigenvalue weighted by Crippen LogP contribution is -2.45. The molecule has 15 nitrogen and oxygen atoms in total. The number of carbonyl (C=O) groups is 4. The number of fused-ring (bicyclic) bond motifs is 24. The summed E-state index contributed by atoms with van der Waals surface area (Å²) in [6.07, 6.45) is 0.981. The number of esters is 2. The lowest BCUT2D eigenvalue weighted by atomic mass is 9.79. The molecule has 89 heavy (non-hydrogen) atoms. The van der Waals surface area contributed by atoms with Gasteiger partial charge in [-0.2, -0.15) is 0 Å². The molecule has 0 radical (unpaired) electrons. The Morgan fingerprint density at radius 2 is 0.629 bits per heavy atom. The molecule has 0 saturated heterocycles. The minimum absolute atomic E-state index is 0.0615. The highest BCUT2D eigenvalue weighted by atomic mass is 16.6. The molecule has 3 aliphatic rings. The van der Waals surface area contributed by atoms with Crippen molar-refractivity contribution in [1.29, 1.82) is 0 Å². The summed E-state index contributed by atoms with van der Waals surface area (Å²) in [4.78, 5) is 56.8. The summed E-state index contributed by atoms with van der Waals surface area (Å²) < 4.78 is 42.2. The highest BCUT2D eigenvalue weighted by molar-refractivity contribution is 5.86. The molecule has 2 atom stereocenters. The summed E-state index contributed by atoms with van der Waals surface area (Å²) >= 11 is 0. The van der Waals surface area contributed by atoms with Crippen LogP contribution in [0.3, 0.4) is 0 Å². The number of aromatic hydroxyl groups is 2. The van der Waals surface area contributed by atoms with E-state index in [9.17, 15) is 29.4 Å². The van der Waals surface area contributed by atoms with Crippen LogP contribution in [0.1, 0.15) is 161 Å². The number of carbonyl (C=O) groups excluding carboxylic acids is 4. The van der Waals surface area contributed by atoms with Crippen LogP contribution < -0.4 is 20.1 Å². The van der Waals surface area contributed by atoms with Crippen molar-refractivity contribution in [3.05, 3.63) is 187 Å². The molecule has 2 amide bonds. The van der Waals surface area contributed by atoms with Gasteiger partial charge in [-0.15, -0.1) is 0 Å². The number of benzene rings is 6. The molecule has 2 heterocycles. The van der Waals surface area contributed by atoms with Gasteiger partial charge in [0.25, 0.3) is 11.8 Å². The number of phenols is 2. The SMILES string of the molecule is CC(C)(C)c1cc2c(O)c(c1)Cc1cc(C(C)(C)C)cc3c1OCC(=O)N[C@@H](Cc1ccccc1)C(=O)OCCOCCOCCOCCOC(=O)[C@H](Cc1ccccc1)NC(=O)COc1c(cc(C(C)(C)C)cc1Cc1cc(C(C)(C)C)cc(c1O)C3)C2. The smallest absolute Gasteiger partial charge is 0.329 e. The first-order valence-electron chi connectivity index (χ1n) is 31.1. The van der Waals surface area contributed by atoms with Crippen molar-refractivity contribution in [1.82, 2.24) is 10.6 Å². The Hall–Kier alpha value is -7.72. The van der Waals surface area contributed by atoms with E-state index in [-0.39, 0.29) is 114 Å². The molecule has 4 N–H and O–H groups in total. The Morgan fingerprint density at radius 1 is 0.371 bits per heavy atom. The number of hydrogen-bond donors (Lipinski definition) is 4. The number of phenolic OH excluding ortho intramolecular Hbond substituents is 2.